The van der Waals surface area contributed by atoms with Gasteiger partial charge >= 0.3 is 5.82 Å². The summed E-state index contributed by atoms with van der Waals surface area (Å²) in [6.45, 7) is 4.25. The van der Waals surface area contributed by atoms with Gasteiger partial charge in [0, 0.05) is 13.5 Å². The molecule has 1 aromatic rings. The van der Waals surface area contributed by atoms with Crippen LogP contribution in [0.3, 0.4) is 0 Å². The highest BCUT2D eigenvalue weighted by Gasteiger charge is 2.21. The summed E-state index contributed by atoms with van der Waals surface area (Å²) < 4.78 is 1.68. The Balaban J connectivity index is 3.26. The minimum absolute atomic E-state index is 0.169. The summed E-state index contributed by atoms with van der Waals surface area (Å²) in [5.41, 5.74) is 0. The molecular weight excluding hydrogens is 178 g/mol. The van der Waals surface area contributed by atoms with E-state index in [2.05, 4.69) is 17.6 Å². The van der Waals surface area contributed by atoms with Crippen molar-refractivity contribution in [2.75, 3.05) is 0 Å². The van der Waals surface area contributed by atoms with E-state index in [9.17, 15) is 10.1 Å². The summed E-state index contributed by atoms with van der Waals surface area (Å²) >= 11 is 4.01. The number of aryl methyl sites for hydroxylation is 1. The van der Waals surface area contributed by atoms with E-state index in [1.807, 2.05) is 6.92 Å². The molecule has 0 bridgehead atoms. The standard InChI is InChI=1S/C6H9N3O2S/c1-3-8-4(2)7-5(6(8)12)9(10)11/h12H,3H2,1-2H3. The van der Waals surface area contributed by atoms with Crippen molar-refractivity contribution in [3.63, 3.8) is 0 Å². The van der Waals surface area contributed by atoms with Crippen molar-refractivity contribution >= 4 is 18.4 Å². The third-order valence-corrected chi connectivity index (χ3v) is 2.04. The highest BCUT2D eigenvalue weighted by molar-refractivity contribution is 7.80. The number of imidazole rings is 1. The van der Waals surface area contributed by atoms with Crippen LogP contribution in [0.15, 0.2) is 5.03 Å². The molecule has 0 aromatic carbocycles. The van der Waals surface area contributed by atoms with Crippen molar-refractivity contribution < 1.29 is 4.92 Å². The molecule has 1 heterocycles. The first-order valence-corrected chi connectivity index (χ1v) is 3.93. The van der Waals surface area contributed by atoms with Crippen molar-refractivity contribution in [1.29, 1.82) is 0 Å². The van der Waals surface area contributed by atoms with E-state index in [0.717, 1.165) is 0 Å². The van der Waals surface area contributed by atoms with Crippen LogP contribution in [0.4, 0.5) is 5.82 Å². The van der Waals surface area contributed by atoms with Crippen molar-refractivity contribution in [3.05, 3.63) is 15.9 Å². The number of thiol groups is 1. The Bertz CT molecular complexity index is 321. The fourth-order valence-corrected chi connectivity index (χ4v) is 1.46. The molecule has 0 amide bonds. The quantitative estimate of drug-likeness (QED) is 0.432. The molecule has 1 rings (SSSR count). The zero-order valence-electron chi connectivity index (χ0n) is 6.81. The fourth-order valence-electron chi connectivity index (χ4n) is 1.04. The SMILES string of the molecule is CCn1c(C)nc([N+](=O)[O-])c1S. The van der Waals surface area contributed by atoms with Crippen LogP contribution in [0.1, 0.15) is 12.7 Å². The lowest BCUT2D eigenvalue weighted by molar-refractivity contribution is -0.392. The number of rotatable bonds is 2. The second kappa shape index (κ2) is 3.14. The van der Waals surface area contributed by atoms with Gasteiger partial charge < -0.3 is 10.1 Å². The Hall–Kier alpha value is -1.04. The van der Waals surface area contributed by atoms with Crippen LogP contribution < -0.4 is 0 Å². The van der Waals surface area contributed by atoms with Crippen LogP contribution in [-0.4, -0.2) is 14.5 Å². The molecule has 0 aliphatic heterocycles. The van der Waals surface area contributed by atoms with Crippen LogP contribution >= 0.6 is 12.6 Å². The third-order valence-electron chi connectivity index (χ3n) is 1.60. The van der Waals surface area contributed by atoms with Gasteiger partial charge in [0.25, 0.3) is 0 Å². The lowest BCUT2D eigenvalue weighted by Gasteiger charge is -1.97. The molecule has 0 fully saturated rings. The molecule has 0 unspecified atom stereocenters. The Morgan fingerprint density at radius 2 is 2.33 bits per heavy atom. The summed E-state index contributed by atoms with van der Waals surface area (Å²) in [7, 11) is 0. The normalized spacial score (nSPS) is 10.2. The lowest BCUT2D eigenvalue weighted by Crippen LogP contribution is -1.97. The van der Waals surface area contributed by atoms with Crippen LogP contribution in [-0.2, 0) is 6.54 Å². The molecule has 0 saturated heterocycles. The Kier molecular flexibility index (Phi) is 2.37. The zero-order chi connectivity index (χ0) is 9.30. The lowest BCUT2D eigenvalue weighted by atomic mass is 10.6. The number of nitrogens with zero attached hydrogens (tertiary/aromatic N) is 3. The second-order valence-electron chi connectivity index (χ2n) is 2.31. The van der Waals surface area contributed by atoms with Crippen molar-refractivity contribution in [3.8, 4) is 0 Å². The molecule has 0 spiro atoms. The highest BCUT2D eigenvalue weighted by Crippen LogP contribution is 2.22. The molecule has 0 aliphatic carbocycles. The van der Waals surface area contributed by atoms with Crippen LogP contribution in [0, 0.1) is 17.0 Å². The number of hydrogen-bond acceptors (Lipinski definition) is 4. The van der Waals surface area contributed by atoms with Gasteiger partial charge in [0.05, 0.1) is 0 Å². The minimum Gasteiger partial charge on any atom is -0.358 e. The van der Waals surface area contributed by atoms with Gasteiger partial charge in [0.15, 0.2) is 5.03 Å². The Morgan fingerprint density at radius 3 is 2.58 bits per heavy atom. The zero-order valence-corrected chi connectivity index (χ0v) is 7.71. The van der Waals surface area contributed by atoms with Gasteiger partial charge in [-0.1, -0.05) is 0 Å². The maximum absolute atomic E-state index is 10.4. The van der Waals surface area contributed by atoms with Gasteiger partial charge in [0.1, 0.15) is 0 Å². The van der Waals surface area contributed by atoms with Crippen molar-refractivity contribution in [2.45, 2.75) is 25.4 Å². The average Bonchev–Trinajstić information content (AvgIpc) is 2.27. The maximum Gasteiger partial charge on any atom is 0.395 e. The predicted octanol–water partition coefficient (Wildman–Crippen LogP) is 1.41. The van der Waals surface area contributed by atoms with E-state index >= 15 is 0 Å². The van der Waals surface area contributed by atoms with Gasteiger partial charge in [-0.3, -0.25) is 4.57 Å². The van der Waals surface area contributed by atoms with Gasteiger partial charge in [0.2, 0.25) is 5.82 Å². The molecular formula is C6H9N3O2S. The largest absolute Gasteiger partial charge is 0.395 e. The minimum atomic E-state index is -0.526. The van der Waals surface area contributed by atoms with E-state index in [-0.39, 0.29) is 5.82 Å². The first-order valence-electron chi connectivity index (χ1n) is 3.48. The summed E-state index contributed by atoms with van der Waals surface area (Å²) in [4.78, 5) is 13.6. The molecule has 6 heteroatoms. The molecule has 66 valence electrons. The molecule has 0 atom stereocenters. The van der Waals surface area contributed by atoms with E-state index in [1.54, 1.807) is 11.5 Å². The Morgan fingerprint density at radius 1 is 1.75 bits per heavy atom. The predicted molar refractivity (Wildman–Crippen MR) is 46.5 cm³/mol. The first kappa shape index (κ1) is 9.05. The van der Waals surface area contributed by atoms with Crippen LogP contribution in [0.25, 0.3) is 0 Å². The smallest absolute Gasteiger partial charge is 0.358 e. The second-order valence-corrected chi connectivity index (χ2v) is 2.73. The van der Waals surface area contributed by atoms with E-state index < -0.39 is 4.92 Å². The Labute approximate surface area is 75.0 Å². The summed E-state index contributed by atoms with van der Waals surface area (Å²) in [5.74, 6) is 0.451. The van der Waals surface area contributed by atoms with Gasteiger partial charge in [-0.15, -0.1) is 12.6 Å². The van der Waals surface area contributed by atoms with Gasteiger partial charge in [-0.2, -0.15) is 0 Å². The topological polar surface area (TPSA) is 61.0 Å². The molecule has 0 radical (unpaired) electrons. The van der Waals surface area contributed by atoms with E-state index in [4.69, 9.17) is 0 Å². The third kappa shape index (κ3) is 1.29. The molecule has 12 heavy (non-hydrogen) atoms. The number of nitro groups is 1. The van der Waals surface area contributed by atoms with Crippen LogP contribution in [0.5, 0.6) is 0 Å². The molecule has 0 saturated carbocycles. The van der Waals surface area contributed by atoms with Crippen LogP contribution in [0.2, 0.25) is 0 Å². The summed E-state index contributed by atoms with van der Waals surface area (Å²) in [5, 5.41) is 10.7. The fraction of sp³-hybridized carbons (Fsp3) is 0.500. The van der Waals surface area contributed by atoms with E-state index in [1.165, 1.54) is 0 Å². The van der Waals surface area contributed by atoms with Gasteiger partial charge in [-0.05, 0) is 16.8 Å². The maximum atomic E-state index is 10.4. The first-order chi connectivity index (χ1) is 5.57. The van der Waals surface area contributed by atoms with Crippen molar-refractivity contribution in [1.82, 2.24) is 9.55 Å². The molecule has 0 N–H and O–H groups in total. The highest BCUT2D eigenvalue weighted by atomic mass is 32.1. The van der Waals surface area contributed by atoms with E-state index in [0.29, 0.717) is 17.4 Å². The number of aromatic nitrogens is 2. The van der Waals surface area contributed by atoms with Crippen molar-refractivity contribution in [2.24, 2.45) is 0 Å². The molecule has 0 aliphatic rings. The molecule has 5 nitrogen and oxygen atoms in total. The monoisotopic (exact) mass is 187 g/mol. The number of hydrogen-bond donors (Lipinski definition) is 1. The average molecular weight is 187 g/mol. The molecule has 1 aromatic heterocycles. The summed E-state index contributed by atoms with van der Waals surface area (Å²) in [6.07, 6.45) is 0. The van der Waals surface area contributed by atoms with Gasteiger partial charge in [-0.25, -0.2) is 0 Å². The summed E-state index contributed by atoms with van der Waals surface area (Å²) in [6, 6.07) is 0.